The van der Waals surface area contributed by atoms with Crippen molar-refractivity contribution in [1.82, 2.24) is 5.32 Å². The minimum atomic E-state index is -1.27. The smallest absolute Gasteiger partial charge is 0.407 e. The number of rotatable bonds is 13. The van der Waals surface area contributed by atoms with Gasteiger partial charge in [0.25, 0.3) is 0 Å². The second-order valence-corrected chi connectivity index (χ2v) is 9.78. The lowest BCUT2D eigenvalue weighted by molar-refractivity contribution is -0.308. The third-order valence-corrected chi connectivity index (χ3v) is 4.97. The monoisotopic (exact) mass is 547 g/mol. The number of alkyl carbamates (subject to hydrolysis) is 1. The predicted molar refractivity (Wildman–Crippen MR) is 131 cm³/mol. The molecule has 0 aromatic carbocycles. The van der Waals surface area contributed by atoms with E-state index in [-0.39, 0.29) is 13.2 Å². The van der Waals surface area contributed by atoms with Crippen molar-refractivity contribution in [3.63, 3.8) is 0 Å². The average molecular weight is 548 g/mol. The number of carbonyl (C=O) groups is 5. The maximum atomic E-state index is 11.8. The van der Waals surface area contributed by atoms with Gasteiger partial charge in [-0.1, -0.05) is 12.8 Å². The molecule has 218 valence electrons. The molecule has 13 heteroatoms. The van der Waals surface area contributed by atoms with Gasteiger partial charge in [0.2, 0.25) is 0 Å². The van der Waals surface area contributed by atoms with E-state index in [9.17, 15) is 24.0 Å². The van der Waals surface area contributed by atoms with E-state index in [0.29, 0.717) is 13.0 Å². The predicted octanol–water partition coefficient (Wildman–Crippen LogP) is 2.17. The average Bonchev–Trinajstić information content (AvgIpc) is 2.75. The minimum Gasteiger partial charge on any atom is -0.463 e. The fourth-order valence-corrected chi connectivity index (χ4v) is 3.61. The molecule has 1 saturated heterocycles. The van der Waals surface area contributed by atoms with E-state index in [2.05, 4.69) is 5.32 Å². The largest absolute Gasteiger partial charge is 0.463 e. The van der Waals surface area contributed by atoms with Crippen molar-refractivity contribution < 1.29 is 57.1 Å². The number of amides is 1. The molecule has 38 heavy (non-hydrogen) atoms. The van der Waals surface area contributed by atoms with Crippen molar-refractivity contribution in [3.05, 3.63) is 0 Å². The normalized spacial score (nSPS) is 23.1. The first-order chi connectivity index (χ1) is 17.7. The highest BCUT2D eigenvalue weighted by Crippen LogP contribution is 2.30. The Morgan fingerprint density at radius 2 is 1.29 bits per heavy atom. The van der Waals surface area contributed by atoms with E-state index in [4.69, 9.17) is 33.2 Å². The molecule has 1 fully saturated rings. The molecule has 0 bridgehead atoms. The quantitative estimate of drug-likeness (QED) is 0.203. The van der Waals surface area contributed by atoms with Crippen LogP contribution < -0.4 is 5.32 Å². The molecule has 0 unspecified atom stereocenters. The van der Waals surface area contributed by atoms with E-state index in [1.807, 2.05) is 0 Å². The Kier molecular flexibility index (Phi) is 14.0. The van der Waals surface area contributed by atoms with Crippen molar-refractivity contribution in [3.8, 4) is 0 Å². The number of unbranched alkanes of at least 4 members (excludes halogenated alkanes) is 3. The summed E-state index contributed by atoms with van der Waals surface area (Å²) >= 11 is 0. The van der Waals surface area contributed by atoms with Crippen LogP contribution in [0.2, 0.25) is 0 Å². The molecule has 0 radical (unpaired) electrons. The Balaban J connectivity index is 2.77. The van der Waals surface area contributed by atoms with Gasteiger partial charge in [-0.15, -0.1) is 0 Å². The number of esters is 4. The highest BCUT2D eigenvalue weighted by atomic mass is 16.7. The SMILES string of the molecule is CC(=O)OC[C@H]1O[C@@H](OCCCCCCNC(=O)OC(C)(C)C)[C@H](OC(C)=O)[C@@H](OC(C)=O)[C@H]1OC(C)=O. The Bertz CT molecular complexity index is 809. The van der Waals surface area contributed by atoms with Gasteiger partial charge in [-0.05, 0) is 33.6 Å². The molecular weight excluding hydrogens is 506 g/mol. The second kappa shape index (κ2) is 16.1. The molecule has 1 rings (SSSR count). The van der Waals surface area contributed by atoms with Crippen LogP contribution >= 0.6 is 0 Å². The fraction of sp³-hybridized carbons (Fsp3) is 0.800. The number of hydrogen-bond donors (Lipinski definition) is 1. The summed E-state index contributed by atoms with van der Waals surface area (Å²) in [5.74, 6) is -2.70. The van der Waals surface area contributed by atoms with Gasteiger partial charge in [0, 0.05) is 40.8 Å². The van der Waals surface area contributed by atoms with Gasteiger partial charge in [0.05, 0.1) is 0 Å². The molecule has 0 spiro atoms. The van der Waals surface area contributed by atoms with Crippen LogP contribution in [-0.4, -0.2) is 86.0 Å². The molecule has 1 amide bonds. The van der Waals surface area contributed by atoms with Crippen molar-refractivity contribution in [2.75, 3.05) is 19.8 Å². The fourth-order valence-electron chi connectivity index (χ4n) is 3.61. The zero-order valence-electron chi connectivity index (χ0n) is 23.2. The maximum Gasteiger partial charge on any atom is 0.407 e. The molecule has 0 aromatic heterocycles. The first-order valence-electron chi connectivity index (χ1n) is 12.6. The van der Waals surface area contributed by atoms with Crippen LogP contribution in [0.4, 0.5) is 4.79 Å². The molecule has 0 saturated carbocycles. The van der Waals surface area contributed by atoms with E-state index < -0.39 is 66.3 Å². The number of carbonyl (C=O) groups excluding carboxylic acids is 5. The third-order valence-electron chi connectivity index (χ3n) is 4.97. The summed E-state index contributed by atoms with van der Waals surface area (Å²) in [6.07, 6.45) is -3.53. The number of ether oxygens (including phenoxy) is 7. The summed E-state index contributed by atoms with van der Waals surface area (Å²) in [5, 5.41) is 2.69. The highest BCUT2D eigenvalue weighted by molar-refractivity contribution is 5.69. The molecular formula is C25H41NO12. The van der Waals surface area contributed by atoms with Crippen molar-refractivity contribution in [2.24, 2.45) is 0 Å². The van der Waals surface area contributed by atoms with Gasteiger partial charge in [-0.3, -0.25) is 19.2 Å². The van der Waals surface area contributed by atoms with E-state index in [1.54, 1.807) is 20.8 Å². The van der Waals surface area contributed by atoms with Crippen LogP contribution in [0.25, 0.3) is 0 Å². The van der Waals surface area contributed by atoms with Crippen LogP contribution in [-0.2, 0) is 52.3 Å². The summed E-state index contributed by atoms with van der Waals surface area (Å²) in [6, 6.07) is 0. The maximum absolute atomic E-state index is 11.8. The van der Waals surface area contributed by atoms with E-state index >= 15 is 0 Å². The summed E-state index contributed by atoms with van der Waals surface area (Å²) in [4.78, 5) is 58.5. The number of hydrogen-bond acceptors (Lipinski definition) is 12. The standard InChI is InChI=1S/C25H41NO12/c1-15(27)33-14-19-20(34-16(2)28)21(35-17(3)29)22(36-18(4)30)23(37-19)32-13-11-9-8-10-12-26-24(31)38-25(5,6)7/h19-23H,8-14H2,1-7H3,(H,26,31)/t19-,20+,21+,22-,23-/m1/s1. The van der Waals surface area contributed by atoms with Crippen LogP contribution in [0.15, 0.2) is 0 Å². The first-order valence-corrected chi connectivity index (χ1v) is 12.6. The van der Waals surface area contributed by atoms with Gasteiger partial charge in [-0.25, -0.2) is 4.79 Å². The van der Waals surface area contributed by atoms with E-state index in [0.717, 1.165) is 33.1 Å². The van der Waals surface area contributed by atoms with Crippen LogP contribution in [0.3, 0.4) is 0 Å². The molecule has 1 heterocycles. The minimum absolute atomic E-state index is 0.202. The zero-order valence-corrected chi connectivity index (χ0v) is 23.2. The van der Waals surface area contributed by atoms with Crippen molar-refractivity contribution in [2.45, 2.75) is 110 Å². The Morgan fingerprint density at radius 3 is 1.84 bits per heavy atom. The first kappa shape index (κ1) is 33.1. The summed E-state index contributed by atoms with van der Waals surface area (Å²) < 4.78 is 38.0. The van der Waals surface area contributed by atoms with Crippen LogP contribution in [0.5, 0.6) is 0 Å². The zero-order chi connectivity index (χ0) is 28.9. The summed E-state index contributed by atoms with van der Waals surface area (Å²) in [5.41, 5.74) is -0.559. The lowest BCUT2D eigenvalue weighted by Crippen LogP contribution is -2.63. The lowest BCUT2D eigenvalue weighted by atomic mass is 9.98. The highest BCUT2D eigenvalue weighted by Gasteiger charge is 2.52. The number of nitrogens with one attached hydrogen (secondary N) is 1. The molecule has 13 nitrogen and oxygen atoms in total. The molecule has 1 N–H and O–H groups in total. The Morgan fingerprint density at radius 1 is 0.737 bits per heavy atom. The van der Waals surface area contributed by atoms with Gasteiger partial charge >= 0.3 is 30.0 Å². The second-order valence-electron chi connectivity index (χ2n) is 9.78. The molecule has 1 aliphatic rings. The molecule has 0 aromatic rings. The van der Waals surface area contributed by atoms with Crippen molar-refractivity contribution >= 4 is 30.0 Å². The van der Waals surface area contributed by atoms with Crippen LogP contribution in [0, 0.1) is 0 Å². The van der Waals surface area contributed by atoms with Crippen molar-refractivity contribution in [1.29, 1.82) is 0 Å². The van der Waals surface area contributed by atoms with Gasteiger partial charge < -0.3 is 38.5 Å². The van der Waals surface area contributed by atoms with Gasteiger partial charge in [-0.2, -0.15) is 0 Å². The Hall–Kier alpha value is -2.93. The topological polar surface area (TPSA) is 162 Å². The lowest BCUT2D eigenvalue weighted by Gasteiger charge is -2.44. The summed E-state index contributed by atoms with van der Waals surface area (Å²) in [7, 11) is 0. The van der Waals surface area contributed by atoms with Gasteiger partial charge in [0.1, 0.15) is 18.3 Å². The third kappa shape index (κ3) is 13.6. The molecule has 1 aliphatic heterocycles. The van der Waals surface area contributed by atoms with Gasteiger partial charge in [0.15, 0.2) is 24.6 Å². The Labute approximate surface area is 223 Å². The van der Waals surface area contributed by atoms with Crippen LogP contribution in [0.1, 0.15) is 74.1 Å². The van der Waals surface area contributed by atoms with E-state index in [1.165, 1.54) is 13.8 Å². The molecule has 5 atom stereocenters. The molecule has 0 aliphatic carbocycles. The summed E-state index contributed by atoms with van der Waals surface area (Å²) in [6.45, 7) is 10.4.